The molecule has 0 saturated heterocycles. The molecular formula is C8H3BrF4O. The molecule has 0 atom stereocenters. The second-order valence-corrected chi connectivity index (χ2v) is 3.39. The Hall–Kier alpha value is -0.910. The van der Waals surface area contributed by atoms with Crippen molar-refractivity contribution in [1.29, 1.82) is 0 Å². The first-order chi connectivity index (χ1) is 6.36. The van der Waals surface area contributed by atoms with E-state index in [9.17, 15) is 22.4 Å². The largest absolute Gasteiger partial charge is 0.419 e. The molecule has 0 N–H and O–H groups in total. The molecule has 0 saturated carbocycles. The van der Waals surface area contributed by atoms with Crippen molar-refractivity contribution in [3.05, 3.63) is 33.5 Å². The second-order valence-electron chi connectivity index (χ2n) is 2.47. The van der Waals surface area contributed by atoms with Crippen LogP contribution in [0.15, 0.2) is 16.6 Å². The third kappa shape index (κ3) is 2.12. The normalized spacial score (nSPS) is 11.5. The highest BCUT2D eigenvalue weighted by Crippen LogP contribution is 2.34. The Morgan fingerprint density at radius 3 is 2.29 bits per heavy atom. The lowest BCUT2D eigenvalue weighted by Crippen LogP contribution is -2.10. The average Bonchev–Trinajstić information content (AvgIpc) is 2.06. The maximum Gasteiger partial charge on any atom is 0.419 e. The molecule has 14 heavy (non-hydrogen) atoms. The van der Waals surface area contributed by atoms with E-state index >= 15 is 0 Å². The molecule has 1 nitrogen and oxygen atoms in total. The lowest BCUT2D eigenvalue weighted by molar-refractivity contribution is -0.140. The van der Waals surface area contributed by atoms with Gasteiger partial charge in [-0.1, -0.05) is 15.9 Å². The Bertz CT molecular complexity index is 372. The van der Waals surface area contributed by atoms with Crippen molar-refractivity contribution in [2.75, 3.05) is 0 Å². The number of benzene rings is 1. The number of rotatable bonds is 1. The van der Waals surface area contributed by atoms with Crippen LogP contribution in [0, 0.1) is 5.82 Å². The van der Waals surface area contributed by atoms with Crippen molar-refractivity contribution in [2.24, 2.45) is 0 Å². The van der Waals surface area contributed by atoms with Crippen LogP contribution in [0.25, 0.3) is 0 Å². The van der Waals surface area contributed by atoms with Gasteiger partial charge in [-0.25, -0.2) is 4.39 Å². The Labute approximate surface area is 84.9 Å². The lowest BCUT2D eigenvalue weighted by Gasteiger charge is -2.09. The molecule has 76 valence electrons. The van der Waals surface area contributed by atoms with E-state index in [1.54, 1.807) is 0 Å². The Morgan fingerprint density at radius 1 is 1.29 bits per heavy atom. The fraction of sp³-hybridized carbons (Fsp3) is 0.125. The van der Waals surface area contributed by atoms with Crippen molar-refractivity contribution in [2.45, 2.75) is 6.18 Å². The summed E-state index contributed by atoms with van der Waals surface area (Å²) >= 11 is 2.75. The predicted molar refractivity (Wildman–Crippen MR) is 44.5 cm³/mol. The van der Waals surface area contributed by atoms with E-state index in [4.69, 9.17) is 0 Å². The van der Waals surface area contributed by atoms with E-state index in [0.717, 1.165) is 6.07 Å². The monoisotopic (exact) mass is 270 g/mol. The van der Waals surface area contributed by atoms with Crippen LogP contribution in [-0.2, 0) is 6.18 Å². The Balaban J connectivity index is 3.44. The number of carbonyl (C=O) groups excluding carboxylic acids is 1. The zero-order valence-corrected chi connectivity index (χ0v) is 8.12. The van der Waals surface area contributed by atoms with Crippen LogP contribution in [0.4, 0.5) is 17.6 Å². The highest BCUT2D eigenvalue weighted by molar-refractivity contribution is 9.10. The van der Waals surface area contributed by atoms with Crippen LogP contribution in [0.2, 0.25) is 0 Å². The fourth-order valence-electron chi connectivity index (χ4n) is 0.902. The van der Waals surface area contributed by atoms with Crippen molar-refractivity contribution in [1.82, 2.24) is 0 Å². The summed E-state index contributed by atoms with van der Waals surface area (Å²) < 4.78 is 49.5. The molecule has 1 aromatic rings. The van der Waals surface area contributed by atoms with Gasteiger partial charge in [0.05, 0.1) is 11.1 Å². The lowest BCUT2D eigenvalue weighted by atomic mass is 10.1. The molecule has 0 aliphatic rings. The number of halogens is 5. The molecule has 0 unspecified atom stereocenters. The topological polar surface area (TPSA) is 17.1 Å². The van der Waals surface area contributed by atoms with Gasteiger partial charge in [0.1, 0.15) is 5.82 Å². The quantitative estimate of drug-likeness (QED) is 0.565. The number of aldehydes is 1. The van der Waals surface area contributed by atoms with Gasteiger partial charge in [-0.3, -0.25) is 4.79 Å². The van der Waals surface area contributed by atoms with Crippen LogP contribution < -0.4 is 0 Å². The summed E-state index contributed by atoms with van der Waals surface area (Å²) in [7, 11) is 0. The molecular weight excluding hydrogens is 268 g/mol. The SMILES string of the molecule is O=Cc1cc(Br)cc(C(F)(F)F)c1F. The van der Waals surface area contributed by atoms with Crippen LogP contribution in [0.1, 0.15) is 15.9 Å². The predicted octanol–water partition coefficient (Wildman–Crippen LogP) is 3.42. The zero-order chi connectivity index (χ0) is 10.9. The van der Waals surface area contributed by atoms with Gasteiger partial charge in [0, 0.05) is 4.47 Å². The molecule has 1 rings (SSSR count). The van der Waals surface area contributed by atoms with Gasteiger partial charge in [-0.2, -0.15) is 13.2 Å². The smallest absolute Gasteiger partial charge is 0.298 e. The molecule has 0 spiro atoms. The summed E-state index contributed by atoms with van der Waals surface area (Å²) in [6, 6.07) is 1.57. The first-order valence-corrected chi connectivity index (χ1v) is 4.17. The van der Waals surface area contributed by atoms with E-state index in [1.807, 2.05) is 0 Å². The van der Waals surface area contributed by atoms with E-state index in [0.29, 0.717) is 6.07 Å². The van der Waals surface area contributed by atoms with Gasteiger partial charge < -0.3 is 0 Å². The third-order valence-electron chi connectivity index (χ3n) is 1.50. The zero-order valence-electron chi connectivity index (χ0n) is 6.53. The molecule has 0 amide bonds. The minimum absolute atomic E-state index is 0.00771. The molecule has 1 aromatic carbocycles. The maximum atomic E-state index is 13.0. The average molecular weight is 271 g/mol. The third-order valence-corrected chi connectivity index (χ3v) is 1.96. The molecule has 0 bridgehead atoms. The highest BCUT2D eigenvalue weighted by Gasteiger charge is 2.35. The summed E-state index contributed by atoms with van der Waals surface area (Å²) in [5, 5.41) is 0. The molecule has 0 radical (unpaired) electrons. The van der Waals surface area contributed by atoms with Gasteiger partial charge in [-0.15, -0.1) is 0 Å². The highest BCUT2D eigenvalue weighted by atomic mass is 79.9. The molecule has 0 fully saturated rings. The molecule has 0 aromatic heterocycles. The van der Waals surface area contributed by atoms with Crippen molar-refractivity contribution >= 4 is 22.2 Å². The maximum absolute atomic E-state index is 13.0. The number of hydrogen-bond donors (Lipinski definition) is 0. The first kappa shape index (κ1) is 11.2. The van der Waals surface area contributed by atoms with Gasteiger partial charge in [0.15, 0.2) is 6.29 Å². The van der Waals surface area contributed by atoms with Crippen molar-refractivity contribution in [3.8, 4) is 0 Å². The van der Waals surface area contributed by atoms with Crippen LogP contribution in [-0.4, -0.2) is 6.29 Å². The van der Waals surface area contributed by atoms with Gasteiger partial charge in [0.25, 0.3) is 0 Å². The van der Waals surface area contributed by atoms with Crippen molar-refractivity contribution in [3.63, 3.8) is 0 Å². The standard InChI is InChI=1S/C8H3BrF4O/c9-5-1-4(3-14)7(10)6(2-5)8(11,12)13/h1-3H. The van der Waals surface area contributed by atoms with E-state index in [-0.39, 0.29) is 10.8 Å². The summed E-state index contributed by atoms with van der Waals surface area (Å²) in [6.45, 7) is 0. The summed E-state index contributed by atoms with van der Waals surface area (Å²) in [5.74, 6) is -1.55. The fourth-order valence-corrected chi connectivity index (χ4v) is 1.38. The number of carbonyl (C=O) groups is 1. The summed E-state index contributed by atoms with van der Waals surface area (Å²) in [4.78, 5) is 10.2. The van der Waals surface area contributed by atoms with Gasteiger partial charge in [-0.05, 0) is 12.1 Å². The molecule has 0 aliphatic carbocycles. The number of hydrogen-bond acceptors (Lipinski definition) is 1. The number of alkyl halides is 3. The minimum atomic E-state index is -4.80. The molecule has 0 aliphatic heterocycles. The van der Waals surface area contributed by atoms with Gasteiger partial charge >= 0.3 is 6.18 Å². The Kier molecular flexibility index (Phi) is 2.94. The minimum Gasteiger partial charge on any atom is -0.298 e. The van der Waals surface area contributed by atoms with Crippen LogP contribution >= 0.6 is 15.9 Å². The van der Waals surface area contributed by atoms with Crippen molar-refractivity contribution < 1.29 is 22.4 Å². The van der Waals surface area contributed by atoms with Gasteiger partial charge in [0.2, 0.25) is 0 Å². The Morgan fingerprint density at radius 2 is 1.86 bits per heavy atom. The van der Waals surface area contributed by atoms with E-state index in [2.05, 4.69) is 15.9 Å². The summed E-state index contributed by atoms with van der Waals surface area (Å²) in [6.07, 6.45) is -4.76. The van der Waals surface area contributed by atoms with E-state index in [1.165, 1.54) is 0 Å². The molecule has 0 heterocycles. The van der Waals surface area contributed by atoms with Crippen LogP contribution in [0.3, 0.4) is 0 Å². The van der Waals surface area contributed by atoms with E-state index < -0.39 is 23.1 Å². The van der Waals surface area contributed by atoms with Crippen LogP contribution in [0.5, 0.6) is 0 Å². The molecule has 6 heteroatoms. The second kappa shape index (κ2) is 3.68. The first-order valence-electron chi connectivity index (χ1n) is 3.37. The summed E-state index contributed by atoms with van der Waals surface area (Å²) in [5.41, 5.74) is -2.07.